The van der Waals surface area contributed by atoms with Gasteiger partial charge in [-0.2, -0.15) is 10.2 Å². The van der Waals surface area contributed by atoms with Gasteiger partial charge in [0.15, 0.2) is 6.23 Å². The molecule has 0 radical (unpaired) electrons. The lowest BCUT2D eigenvalue weighted by atomic mass is 10.1. The first-order valence-electron chi connectivity index (χ1n) is 12.8. The molecule has 200 valence electrons. The zero-order valence-electron chi connectivity index (χ0n) is 22.9. The number of rotatable bonds is 7. The lowest BCUT2D eigenvalue weighted by Crippen LogP contribution is -2.39. The van der Waals surface area contributed by atoms with Gasteiger partial charge in [0.05, 0.1) is 40.9 Å². The number of fused-ring (bicyclic) bond motifs is 1. The van der Waals surface area contributed by atoms with Gasteiger partial charge in [-0.05, 0) is 66.0 Å². The number of carbonyl (C=O) groups is 1. The number of aryl methyl sites for hydroxylation is 2. The largest absolute Gasteiger partial charge is 0.472 e. The number of hydrogen-bond donors (Lipinski definition) is 0. The Morgan fingerprint density at radius 3 is 2.78 bits per heavy atom. The highest BCUT2D eigenvalue weighted by atomic mass is 16.6. The van der Waals surface area contributed by atoms with Crippen molar-refractivity contribution in [2.24, 2.45) is 7.05 Å². The van der Waals surface area contributed by atoms with Gasteiger partial charge in [-0.3, -0.25) is 4.98 Å². The molecule has 1 fully saturated rings. The van der Waals surface area contributed by atoms with E-state index >= 15 is 0 Å². The topological polar surface area (TPSA) is 96.5 Å². The van der Waals surface area contributed by atoms with E-state index in [2.05, 4.69) is 11.7 Å². The van der Waals surface area contributed by atoms with E-state index in [0.717, 1.165) is 59.4 Å². The number of likely N-dealkylation sites (N-methyl/N-ethyl adjacent to an activating group) is 1. The summed E-state index contributed by atoms with van der Waals surface area (Å²) in [6.45, 7) is 14.5. The fourth-order valence-electron chi connectivity index (χ4n) is 4.55. The Hall–Kier alpha value is -3.40. The van der Waals surface area contributed by atoms with Crippen molar-refractivity contribution >= 4 is 23.1 Å². The van der Waals surface area contributed by atoms with Gasteiger partial charge in [0.25, 0.3) is 0 Å². The van der Waals surface area contributed by atoms with Gasteiger partial charge >= 0.3 is 6.09 Å². The Morgan fingerprint density at radius 2 is 2.14 bits per heavy atom. The third-order valence-corrected chi connectivity index (χ3v) is 6.22. The highest BCUT2D eigenvalue weighted by molar-refractivity contribution is 5.91. The van der Waals surface area contributed by atoms with Crippen LogP contribution in [0.4, 0.5) is 4.79 Å². The van der Waals surface area contributed by atoms with Crippen LogP contribution in [0, 0.1) is 6.92 Å². The second kappa shape index (κ2) is 10.5. The minimum Gasteiger partial charge on any atom is -0.472 e. The second-order valence-electron chi connectivity index (χ2n) is 10.6. The summed E-state index contributed by atoms with van der Waals surface area (Å²) in [6.07, 6.45) is 5.80. The molecule has 2 atom stereocenters. The summed E-state index contributed by atoms with van der Waals surface area (Å²) in [5.74, 6) is 0.569. The van der Waals surface area contributed by atoms with E-state index in [4.69, 9.17) is 24.3 Å². The molecule has 1 aliphatic heterocycles. The second-order valence-corrected chi connectivity index (χ2v) is 10.6. The zero-order valence-corrected chi connectivity index (χ0v) is 22.9. The molecule has 0 aliphatic carbocycles. The number of nitrogens with zero attached hydrogens (tertiary/aromatic N) is 6. The lowest BCUT2D eigenvalue weighted by molar-refractivity contribution is -0.0368. The van der Waals surface area contributed by atoms with Crippen molar-refractivity contribution in [2.75, 3.05) is 20.2 Å². The monoisotopic (exact) mass is 510 g/mol. The number of pyridine rings is 1. The predicted molar refractivity (Wildman–Crippen MR) is 142 cm³/mol. The third-order valence-electron chi connectivity index (χ3n) is 6.22. The van der Waals surface area contributed by atoms with Crippen LogP contribution in [0.15, 0.2) is 18.8 Å². The lowest BCUT2D eigenvalue weighted by Gasteiger charge is -2.26. The van der Waals surface area contributed by atoms with Gasteiger partial charge in [0.2, 0.25) is 5.88 Å². The van der Waals surface area contributed by atoms with Crippen molar-refractivity contribution in [1.82, 2.24) is 29.4 Å². The van der Waals surface area contributed by atoms with Crippen molar-refractivity contribution in [3.05, 3.63) is 30.2 Å². The van der Waals surface area contributed by atoms with E-state index in [9.17, 15) is 4.79 Å². The average Bonchev–Trinajstić information content (AvgIpc) is 3.39. The Morgan fingerprint density at radius 1 is 1.38 bits per heavy atom. The molecule has 4 rings (SSSR count). The Balaban J connectivity index is 1.62. The fraction of sp³-hybridized carbons (Fsp3) is 0.556. The van der Waals surface area contributed by atoms with E-state index in [0.29, 0.717) is 12.4 Å². The fourth-order valence-corrected chi connectivity index (χ4v) is 4.55. The van der Waals surface area contributed by atoms with Crippen molar-refractivity contribution in [3.63, 3.8) is 0 Å². The standard InChI is InChI=1S/C27H38N6O4/c1-9-21-19-14-22(29-18(3)24(19)33(30-21)23-12-10-11-13-35-23)20-15-28-32(8)25(20)36-17(2)16-31(7)26(34)37-27(4,5)6/h9,14-15,17,23H,1,10-13,16H2,2-8H3/t17-,23?/m0/s1. The molecule has 1 amide bonds. The molecule has 0 spiro atoms. The maximum atomic E-state index is 12.4. The SMILES string of the molecule is C=Cc1nn(C2CCCCO2)c2c(C)nc(-c3cnn(C)c3O[C@@H](C)CN(C)C(=O)OC(C)(C)C)cc12. The molecule has 3 aromatic rings. The van der Waals surface area contributed by atoms with Crippen molar-refractivity contribution in [1.29, 1.82) is 0 Å². The van der Waals surface area contributed by atoms with Crippen LogP contribution in [0.1, 0.15) is 64.6 Å². The van der Waals surface area contributed by atoms with Gasteiger partial charge in [-0.25, -0.2) is 14.2 Å². The summed E-state index contributed by atoms with van der Waals surface area (Å²) in [7, 11) is 3.52. The summed E-state index contributed by atoms with van der Waals surface area (Å²) in [5, 5.41) is 10.2. The van der Waals surface area contributed by atoms with E-state index in [1.807, 2.05) is 52.4 Å². The highest BCUT2D eigenvalue weighted by Crippen LogP contribution is 2.35. The zero-order chi connectivity index (χ0) is 26.9. The third kappa shape index (κ3) is 5.79. The number of amides is 1. The van der Waals surface area contributed by atoms with Gasteiger partial charge in [0, 0.05) is 26.1 Å². The Kier molecular flexibility index (Phi) is 7.59. The van der Waals surface area contributed by atoms with Gasteiger partial charge in [-0.15, -0.1) is 0 Å². The molecule has 0 saturated carbocycles. The first kappa shape index (κ1) is 26.7. The first-order chi connectivity index (χ1) is 17.5. The minimum absolute atomic E-state index is 0.101. The molecule has 0 aromatic carbocycles. The molecule has 10 nitrogen and oxygen atoms in total. The molecule has 10 heteroatoms. The molecule has 4 heterocycles. The molecule has 0 N–H and O–H groups in total. The average molecular weight is 511 g/mol. The molecule has 3 aromatic heterocycles. The molecule has 0 bridgehead atoms. The maximum Gasteiger partial charge on any atom is 0.410 e. The van der Waals surface area contributed by atoms with Crippen LogP contribution in [0.5, 0.6) is 5.88 Å². The summed E-state index contributed by atoms with van der Waals surface area (Å²) in [6, 6.07) is 2.01. The van der Waals surface area contributed by atoms with E-state index in [1.165, 1.54) is 4.90 Å². The Bertz CT molecular complexity index is 1280. The maximum absolute atomic E-state index is 12.4. The molecular weight excluding hydrogens is 472 g/mol. The summed E-state index contributed by atoms with van der Waals surface area (Å²) >= 11 is 0. The van der Waals surface area contributed by atoms with Gasteiger partial charge < -0.3 is 19.1 Å². The van der Waals surface area contributed by atoms with E-state index < -0.39 is 11.7 Å². The summed E-state index contributed by atoms with van der Waals surface area (Å²) in [4.78, 5) is 18.8. The summed E-state index contributed by atoms with van der Waals surface area (Å²) < 4.78 is 21.4. The number of carbonyl (C=O) groups excluding carboxylic acids is 1. The van der Waals surface area contributed by atoms with Crippen molar-refractivity contribution in [2.45, 2.75) is 71.8 Å². The molecule has 1 unspecified atom stereocenters. The van der Waals surface area contributed by atoms with Crippen molar-refractivity contribution in [3.8, 4) is 17.1 Å². The van der Waals surface area contributed by atoms with E-state index in [1.54, 1.807) is 24.0 Å². The van der Waals surface area contributed by atoms with Gasteiger partial charge in [-0.1, -0.05) is 6.58 Å². The molecular formula is C27H38N6O4. The van der Waals surface area contributed by atoms with Crippen LogP contribution in [-0.2, 0) is 16.5 Å². The van der Waals surface area contributed by atoms with Crippen molar-refractivity contribution < 1.29 is 19.0 Å². The number of aromatic nitrogens is 5. The van der Waals surface area contributed by atoms with Crippen LogP contribution in [-0.4, -0.2) is 67.4 Å². The number of hydrogen-bond acceptors (Lipinski definition) is 7. The normalized spacial score (nSPS) is 17.0. The van der Waals surface area contributed by atoms with Crippen LogP contribution in [0.3, 0.4) is 0 Å². The van der Waals surface area contributed by atoms with E-state index in [-0.39, 0.29) is 12.3 Å². The molecule has 1 saturated heterocycles. The molecule has 1 aliphatic rings. The minimum atomic E-state index is -0.561. The Labute approximate surface area is 218 Å². The van der Waals surface area contributed by atoms with Crippen LogP contribution < -0.4 is 4.74 Å². The highest BCUT2D eigenvalue weighted by Gasteiger charge is 2.25. The predicted octanol–water partition coefficient (Wildman–Crippen LogP) is 5.12. The van der Waals surface area contributed by atoms with Gasteiger partial charge in [0.1, 0.15) is 11.7 Å². The first-order valence-corrected chi connectivity index (χ1v) is 12.8. The van der Waals surface area contributed by atoms with Crippen LogP contribution >= 0.6 is 0 Å². The molecule has 37 heavy (non-hydrogen) atoms. The van der Waals surface area contributed by atoms with Crippen LogP contribution in [0.2, 0.25) is 0 Å². The summed E-state index contributed by atoms with van der Waals surface area (Å²) in [5.41, 5.74) is 3.51. The smallest absolute Gasteiger partial charge is 0.410 e. The quantitative estimate of drug-likeness (QED) is 0.435. The number of ether oxygens (including phenoxy) is 3. The van der Waals surface area contributed by atoms with Crippen LogP contribution in [0.25, 0.3) is 28.2 Å².